The van der Waals surface area contributed by atoms with Crippen molar-refractivity contribution in [1.82, 2.24) is 10.1 Å². The van der Waals surface area contributed by atoms with Gasteiger partial charge in [-0.05, 0) is 62.1 Å². The molecular formula is C23H27FN2O4. The first-order valence-electron chi connectivity index (χ1n) is 10.7. The highest BCUT2D eigenvalue weighted by Gasteiger charge is 2.33. The van der Waals surface area contributed by atoms with Crippen LogP contribution in [0.25, 0.3) is 0 Å². The molecule has 6 nitrogen and oxygen atoms in total. The van der Waals surface area contributed by atoms with E-state index < -0.39 is 0 Å². The molecule has 0 bridgehead atoms. The molecule has 4 rings (SSSR count). The Morgan fingerprint density at radius 1 is 1.20 bits per heavy atom. The lowest BCUT2D eigenvalue weighted by atomic mass is 9.78. The molecule has 1 saturated heterocycles. The summed E-state index contributed by atoms with van der Waals surface area (Å²) in [4.78, 5) is 26.8. The van der Waals surface area contributed by atoms with E-state index in [-0.39, 0.29) is 36.0 Å². The summed E-state index contributed by atoms with van der Waals surface area (Å²) in [5.74, 6) is 0.724. The number of rotatable bonds is 7. The number of ether oxygens (including phenoxy) is 1. The third-order valence-corrected chi connectivity index (χ3v) is 6.11. The van der Waals surface area contributed by atoms with Gasteiger partial charge in [-0.1, -0.05) is 17.3 Å². The van der Waals surface area contributed by atoms with Gasteiger partial charge >= 0.3 is 5.97 Å². The Labute approximate surface area is 175 Å². The van der Waals surface area contributed by atoms with E-state index in [4.69, 9.17) is 9.26 Å². The Kier molecular flexibility index (Phi) is 6.16. The number of likely N-dealkylation sites (tertiary alicyclic amines) is 1. The average molecular weight is 414 g/mol. The van der Waals surface area contributed by atoms with E-state index in [1.165, 1.54) is 12.1 Å². The van der Waals surface area contributed by atoms with Crippen LogP contribution in [0, 0.1) is 11.7 Å². The average Bonchev–Trinajstić information content (AvgIpc) is 3.49. The van der Waals surface area contributed by atoms with Crippen LogP contribution in [0.5, 0.6) is 0 Å². The minimum absolute atomic E-state index is 0.0598. The lowest BCUT2D eigenvalue weighted by Crippen LogP contribution is -2.40. The van der Waals surface area contributed by atoms with Crippen molar-refractivity contribution < 1.29 is 23.2 Å². The van der Waals surface area contributed by atoms with Crippen LogP contribution in [0.15, 0.2) is 34.9 Å². The van der Waals surface area contributed by atoms with Crippen molar-refractivity contribution in [2.24, 2.45) is 5.92 Å². The van der Waals surface area contributed by atoms with Crippen molar-refractivity contribution in [3.05, 3.63) is 53.2 Å². The van der Waals surface area contributed by atoms with Crippen LogP contribution in [-0.4, -0.2) is 41.6 Å². The molecule has 0 radical (unpaired) electrons. The van der Waals surface area contributed by atoms with E-state index in [0.717, 1.165) is 37.0 Å². The van der Waals surface area contributed by atoms with E-state index in [9.17, 15) is 14.0 Å². The number of benzene rings is 1. The van der Waals surface area contributed by atoms with Crippen LogP contribution in [-0.2, 0) is 9.53 Å². The van der Waals surface area contributed by atoms with Crippen molar-refractivity contribution in [1.29, 1.82) is 0 Å². The maximum absolute atomic E-state index is 13.4. The maximum Gasteiger partial charge on any atom is 0.306 e. The van der Waals surface area contributed by atoms with Crippen LogP contribution >= 0.6 is 0 Å². The molecule has 2 aromatic rings. The molecule has 1 amide bonds. The number of esters is 1. The van der Waals surface area contributed by atoms with Gasteiger partial charge in [-0.2, -0.15) is 0 Å². The van der Waals surface area contributed by atoms with E-state index >= 15 is 0 Å². The number of aromatic nitrogens is 1. The van der Waals surface area contributed by atoms with E-state index in [1.807, 2.05) is 0 Å². The molecule has 1 atom stereocenters. The van der Waals surface area contributed by atoms with Gasteiger partial charge in [0.1, 0.15) is 11.6 Å². The van der Waals surface area contributed by atoms with Crippen molar-refractivity contribution in [3.8, 4) is 0 Å². The summed E-state index contributed by atoms with van der Waals surface area (Å²) in [5.41, 5.74) is 1.30. The predicted octanol–water partition coefficient (Wildman–Crippen LogP) is 4.28. The summed E-state index contributed by atoms with van der Waals surface area (Å²) in [6.07, 6.45) is 3.98. The van der Waals surface area contributed by atoms with Gasteiger partial charge in [0.2, 0.25) is 0 Å². The monoisotopic (exact) mass is 414 g/mol. The molecule has 1 aromatic heterocycles. The molecule has 1 aliphatic carbocycles. The summed E-state index contributed by atoms with van der Waals surface area (Å²) < 4.78 is 23.9. The van der Waals surface area contributed by atoms with Crippen LogP contribution in [0.2, 0.25) is 0 Å². The van der Waals surface area contributed by atoms with Crippen molar-refractivity contribution in [3.63, 3.8) is 0 Å². The minimum atomic E-state index is -0.299. The number of halogens is 1. The number of hydrogen-bond acceptors (Lipinski definition) is 5. The van der Waals surface area contributed by atoms with Crippen LogP contribution in [0.3, 0.4) is 0 Å². The van der Waals surface area contributed by atoms with Gasteiger partial charge in [0.15, 0.2) is 5.69 Å². The zero-order valence-electron chi connectivity index (χ0n) is 17.2. The number of nitrogens with zero attached hydrogens (tertiary/aromatic N) is 2. The first-order chi connectivity index (χ1) is 14.5. The minimum Gasteiger partial charge on any atom is -0.466 e. The zero-order valence-corrected chi connectivity index (χ0v) is 17.2. The summed E-state index contributed by atoms with van der Waals surface area (Å²) in [5, 5.41) is 3.96. The molecule has 2 heterocycles. The molecule has 7 heteroatoms. The quantitative estimate of drug-likeness (QED) is 0.633. The first kappa shape index (κ1) is 20.6. The largest absolute Gasteiger partial charge is 0.466 e. The fraction of sp³-hybridized carbons (Fsp3) is 0.522. The Bertz CT molecular complexity index is 883. The lowest BCUT2D eigenvalue weighted by Gasteiger charge is -2.35. The standard InChI is InChI=1S/C23H27FN2O4/c1-2-29-22(27)13-19(15-5-7-18(24)8-6-15)16-9-11-26(12-10-16)23(28)20-14-21(30-25-20)17-3-4-17/h5-8,14,16-17,19H,2-4,9-13H2,1H3. The fourth-order valence-corrected chi connectivity index (χ4v) is 4.28. The maximum atomic E-state index is 13.4. The molecule has 30 heavy (non-hydrogen) atoms. The van der Waals surface area contributed by atoms with Gasteiger partial charge in [0, 0.05) is 25.1 Å². The summed E-state index contributed by atoms with van der Waals surface area (Å²) in [6.45, 7) is 3.31. The van der Waals surface area contributed by atoms with Gasteiger partial charge in [-0.25, -0.2) is 4.39 Å². The summed E-state index contributed by atoms with van der Waals surface area (Å²) >= 11 is 0. The van der Waals surface area contributed by atoms with E-state index in [1.54, 1.807) is 30.0 Å². The highest BCUT2D eigenvalue weighted by atomic mass is 19.1. The fourth-order valence-electron chi connectivity index (χ4n) is 4.28. The molecule has 1 aromatic carbocycles. The van der Waals surface area contributed by atoms with Gasteiger partial charge in [0.25, 0.3) is 5.91 Å². The van der Waals surface area contributed by atoms with E-state index in [2.05, 4.69) is 5.16 Å². The second kappa shape index (κ2) is 8.98. The topological polar surface area (TPSA) is 72.6 Å². The van der Waals surface area contributed by atoms with Crippen LogP contribution < -0.4 is 0 Å². The molecule has 1 saturated carbocycles. The summed E-state index contributed by atoms with van der Waals surface area (Å²) in [6, 6.07) is 8.10. The molecule has 2 aliphatic rings. The van der Waals surface area contributed by atoms with Crippen molar-refractivity contribution in [2.45, 2.75) is 50.9 Å². The predicted molar refractivity (Wildman–Crippen MR) is 107 cm³/mol. The van der Waals surface area contributed by atoms with Gasteiger partial charge in [-0.3, -0.25) is 9.59 Å². The molecule has 160 valence electrons. The third-order valence-electron chi connectivity index (χ3n) is 6.11. The Morgan fingerprint density at radius 3 is 2.53 bits per heavy atom. The van der Waals surface area contributed by atoms with Crippen LogP contribution in [0.1, 0.15) is 72.7 Å². The van der Waals surface area contributed by atoms with Crippen molar-refractivity contribution >= 4 is 11.9 Å². The van der Waals surface area contributed by atoms with Gasteiger partial charge in [0.05, 0.1) is 13.0 Å². The van der Waals surface area contributed by atoms with Gasteiger partial charge < -0.3 is 14.2 Å². The molecule has 1 aliphatic heterocycles. The summed E-state index contributed by atoms with van der Waals surface area (Å²) in [7, 11) is 0. The van der Waals surface area contributed by atoms with E-state index in [0.29, 0.717) is 31.3 Å². The molecule has 0 N–H and O–H groups in total. The molecule has 0 spiro atoms. The molecular weight excluding hydrogens is 387 g/mol. The lowest BCUT2D eigenvalue weighted by molar-refractivity contribution is -0.144. The highest BCUT2D eigenvalue weighted by molar-refractivity contribution is 5.92. The normalized spacial score (nSPS) is 18.3. The first-order valence-corrected chi connectivity index (χ1v) is 10.7. The molecule has 2 fully saturated rings. The third kappa shape index (κ3) is 4.71. The second-order valence-electron chi connectivity index (χ2n) is 8.19. The van der Waals surface area contributed by atoms with Gasteiger partial charge in [-0.15, -0.1) is 0 Å². The number of amides is 1. The SMILES string of the molecule is CCOC(=O)CC(c1ccc(F)cc1)C1CCN(C(=O)c2cc(C3CC3)on2)CC1. The number of piperidine rings is 1. The number of hydrogen-bond donors (Lipinski definition) is 0. The smallest absolute Gasteiger partial charge is 0.306 e. The Morgan fingerprint density at radius 2 is 1.90 bits per heavy atom. The highest BCUT2D eigenvalue weighted by Crippen LogP contribution is 2.40. The number of carbonyl (C=O) groups is 2. The zero-order chi connectivity index (χ0) is 21.1. The number of carbonyl (C=O) groups excluding carboxylic acids is 2. The molecule has 1 unspecified atom stereocenters. The second-order valence-corrected chi connectivity index (χ2v) is 8.19. The van der Waals surface area contributed by atoms with Crippen molar-refractivity contribution in [2.75, 3.05) is 19.7 Å². The van der Waals surface area contributed by atoms with Crippen LogP contribution in [0.4, 0.5) is 4.39 Å². The Hall–Kier alpha value is -2.70. The Balaban J connectivity index is 1.41.